The van der Waals surface area contributed by atoms with Crippen molar-refractivity contribution in [2.75, 3.05) is 26.2 Å². The summed E-state index contributed by atoms with van der Waals surface area (Å²) in [5.74, 6) is -0.0206. The van der Waals surface area contributed by atoms with E-state index in [4.69, 9.17) is 5.73 Å². The number of hydrogen-bond acceptors (Lipinski definition) is 3. The first-order chi connectivity index (χ1) is 7.11. The SMILES string of the molecule is CC(N)C(C)C(=O)NCCN1CCCC1. The van der Waals surface area contributed by atoms with Crippen LogP contribution in [0.25, 0.3) is 0 Å². The summed E-state index contributed by atoms with van der Waals surface area (Å²) in [5, 5.41) is 2.93. The molecular weight excluding hydrogens is 190 g/mol. The van der Waals surface area contributed by atoms with Gasteiger partial charge in [-0.15, -0.1) is 0 Å². The normalized spacial score (nSPS) is 21.3. The van der Waals surface area contributed by atoms with E-state index in [-0.39, 0.29) is 17.9 Å². The summed E-state index contributed by atoms with van der Waals surface area (Å²) in [7, 11) is 0. The molecule has 0 saturated carbocycles. The molecule has 1 fully saturated rings. The molecule has 2 unspecified atom stereocenters. The standard InChI is InChI=1S/C11H23N3O/c1-9(10(2)12)11(15)13-5-8-14-6-3-4-7-14/h9-10H,3-8,12H2,1-2H3,(H,13,15). The molecule has 1 amide bonds. The van der Waals surface area contributed by atoms with Gasteiger partial charge in [-0.25, -0.2) is 0 Å². The molecule has 0 aromatic rings. The summed E-state index contributed by atoms with van der Waals surface area (Å²) in [6.07, 6.45) is 2.59. The Morgan fingerprint density at radius 2 is 2.00 bits per heavy atom. The summed E-state index contributed by atoms with van der Waals surface area (Å²) in [6, 6.07) is -0.0724. The monoisotopic (exact) mass is 213 g/mol. The first kappa shape index (κ1) is 12.5. The Bertz CT molecular complexity index is 200. The minimum absolute atomic E-state index is 0.0724. The van der Waals surface area contributed by atoms with E-state index >= 15 is 0 Å². The van der Waals surface area contributed by atoms with E-state index < -0.39 is 0 Å². The first-order valence-corrected chi connectivity index (χ1v) is 5.87. The van der Waals surface area contributed by atoms with Crippen molar-refractivity contribution < 1.29 is 4.79 Å². The Kier molecular flexibility index (Phi) is 5.05. The van der Waals surface area contributed by atoms with Crippen molar-refractivity contribution in [3.05, 3.63) is 0 Å². The van der Waals surface area contributed by atoms with Crippen molar-refractivity contribution in [1.29, 1.82) is 0 Å². The third-order valence-electron chi connectivity index (χ3n) is 3.13. The van der Waals surface area contributed by atoms with E-state index in [1.165, 1.54) is 25.9 Å². The Hall–Kier alpha value is -0.610. The topological polar surface area (TPSA) is 58.4 Å². The van der Waals surface area contributed by atoms with Crippen LogP contribution in [0.2, 0.25) is 0 Å². The zero-order valence-corrected chi connectivity index (χ0v) is 9.83. The van der Waals surface area contributed by atoms with Gasteiger partial charge >= 0.3 is 0 Å². The van der Waals surface area contributed by atoms with E-state index in [0.717, 1.165) is 13.1 Å². The van der Waals surface area contributed by atoms with Gasteiger partial charge in [-0.3, -0.25) is 4.79 Å². The molecule has 1 heterocycles. The Morgan fingerprint density at radius 1 is 1.40 bits per heavy atom. The maximum absolute atomic E-state index is 11.5. The number of likely N-dealkylation sites (tertiary alicyclic amines) is 1. The largest absolute Gasteiger partial charge is 0.355 e. The predicted octanol–water partition coefficient (Wildman–Crippen LogP) is 0.182. The van der Waals surface area contributed by atoms with Crippen LogP contribution in [0, 0.1) is 5.92 Å². The summed E-state index contributed by atoms with van der Waals surface area (Å²) in [5.41, 5.74) is 5.66. The maximum atomic E-state index is 11.5. The lowest BCUT2D eigenvalue weighted by atomic mass is 10.0. The van der Waals surface area contributed by atoms with Crippen molar-refractivity contribution in [3.63, 3.8) is 0 Å². The zero-order valence-electron chi connectivity index (χ0n) is 9.83. The van der Waals surface area contributed by atoms with Gasteiger partial charge in [0.15, 0.2) is 0 Å². The van der Waals surface area contributed by atoms with Crippen LogP contribution in [0.5, 0.6) is 0 Å². The molecule has 0 bridgehead atoms. The second kappa shape index (κ2) is 6.08. The lowest BCUT2D eigenvalue weighted by Crippen LogP contribution is -2.41. The summed E-state index contributed by atoms with van der Waals surface area (Å²) in [6.45, 7) is 7.81. The number of rotatable bonds is 5. The number of hydrogen-bond donors (Lipinski definition) is 2. The average Bonchev–Trinajstić information content (AvgIpc) is 2.69. The molecule has 3 N–H and O–H groups in total. The fourth-order valence-electron chi connectivity index (χ4n) is 1.74. The second-order valence-electron chi connectivity index (χ2n) is 4.49. The van der Waals surface area contributed by atoms with Gasteiger partial charge in [0.25, 0.3) is 0 Å². The molecule has 4 heteroatoms. The number of amides is 1. The second-order valence-corrected chi connectivity index (χ2v) is 4.49. The number of nitrogens with zero attached hydrogens (tertiary/aromatic N) is 1. The molecule has 0 aromatic heterocycles. The fourth-order valence-corrected chi connectivity index (χ4v) is 1.74. The average molecular weight is 213 g/mol. The van der Waals surface area contributed by atoms with Gasteiger partial charge in [-0.1, -0.05) is 6.92 Å². The highest BCUT2D eigenvalue weighted by Gasteiger charge is 2.17. The zero-order chi connectivity index (χ0) is 11.3. The van der Waals surface area contributed by atoms with Crippen LogP contribution in [0.4, 0.5) is 0 Å². The van der Waals surface area contributed by atoms with Crippen molar-refractivity contribution in [1.82, 2.24) is 10.2 Å². The maximum Gasteiger partial charge on any atom is 0.224 e. The molecule has 15 heavy (non-hydrogen) atoms. The smallest absolute Gasteiger partial charge is 0.224 e. The van der Waals surface area contributed by atoms with Crippen molar-refractivity contribution in [2.24, 2.45) is 11.7 Å². The lowest BCUT2D eigenvalue weighted by molar-refractivity contribution is -0.124. The molecule has 1 saturated heterocycles. The number of carbonyl (C=O) groups is 1. The molecule has 1 aliphatic rings. The Labute approximate surface area is 92.2 Å². The van der Waals surface area contributed by atoms with E-state index in [9.17, 15) is 4.79 Å². The van der Waals surface area contributed by atoms with Crippen LogP contribution in [0.15, 0.2) is 0 Å². The molecule has 0 aliphatic carbocycles. The Morgan fingerprint density at radius 3 is 2.53 bits per heavy atom. The highest BCUT2D eigenvalue weighted by molar-refractivity contribution is 5.78. The molecule has 1 rings (SSSR count). The van der Waals surface area contributed by atoms with Crippen molar-refractivity contribution in [3.8, 4) is 0 Å². The van der Waals surface area contributed by atoms with Gasteiger partial charge in [0.2, 0.25) is 5.91 Å². The number of carbonyl (C=O) groups excluding carboxylic acids is 1. The fraction of sp³-hybridized carbons (Fsp3) is 0.909. The van der Waals surface area contributed by atoms with Gasteiger partial charge in [0, 0.05) is 25.0 Å². The highest BCUT2D eigenvalue weighted by Crippen LogP contribution is 2.05. The molecule has 4 nitrogen and oxygen atoms in total. The third kappa shape index (κ3) is 4.18. The summed E-state index contributed by atoms with van der Waals surface area (Å²) < 4.78 is 0. The van der Waals surface area contributed by atoms with Crippen LogP contribution in [0.3, 0.4) is 0 Å². The summed E-state index contributed by atoms with van der Waals surface area (Å²) in [4.78, 5) is 13.9. The van der Waals surface area contributed by atoms with Crippen molar-refractivity contribution >= 4 is 5.91 Å². The first-order valence-electron chi connectivity index (χ1n) is 5.87. The Balaban J connectivity index is 2.11. The molecule has 2 atom stereocenters. The van der Waals surface area contributed by atoms with E-state index in [2.05, 4.69) is 10.2 Å². The lowest BCUT2D eigenvalue weighted by Gasteiger charge is -2.18. The number of nitrogens with one attached hydrogen (secondary N) is 1. The van der Waals surface area contributed by atoms with E-state index in [1.54, 1.807) is 0 Å². The van der Waals surface area contributed by atoms with Gasteiger partial charge < -0.3 is 16.0 Å². The molecule has 88 valence electrons. The van der Waals surface area contributed by atoms with Gasteiger partial charge in [-0.05, 0) is 32.9 Å². The quantitative estimate of drug-likeness (QED) is 0.685. The molecule has 1 aliphatic heterocycles. The van der Waals surface area contributed by atoms with Gasteiger partial charge in [0.05, 0.1) is 0 Å². The van der Waals surface area contributed by atoms with Crippen LogP contribution in [-0.2, 0) is 4.79 Å². The molecule has 0 aromatic carbocycles. The third-order valence-corrected chi connectivity index (χ3v) is 3.13. The molecular formula is C11H23N3O. The summed E-state index contributed by atoms with van der Waals surface area (Å²) >= 11 is 0. The highest BCUT2D eigenvalue weighted by atomic mass is 16.1. The minimum atomic E-state index is -0.0939. The van der Waals surface area contributed by atoms with Crippen LogP contribution in [0.1, 0.15) is 26.7 Å². The van der Waals surface area contributed by atoms with E-state index in [1.807, 2.05) is 13.8 Å². The minimum Gasteiger partial charge on any atom is -0.355 e. The van der Waals surface area contributed by atoms with Crippen LogP contribution < -0.4 is 11.1 Å². The van der Waals surface area contributed by atoms with Crippen LogP contribution in [-0.4, -0.2) is 43.0 Å². The van der Waals surface area contributed by atoms with Gasteiger partial charge in [0.1, 0.15) is 0 Å². The van der Waals surface area contributed by atoms with Crippen molar-refractivity contribution in [2.45, 2.75) is 32.7 Å². The molecule has 0 radical (unpaired) electrons. The van der Waals surface area contributed by atoms with Crippen LogP contribution >= 0.6 is 0 Å². The number of nitrogens with two attached hydrogens (primary N) is 1. The predicted molar refractivity (Wildman–Crippen MR) is 61.5 cm³/mol. The van der Waals surface area contributed by atoms with Gasteiger partial charge in [-0.2, -0.15) is 0 Å². The molecule has 0 spiro atoms. The van der Waals surface area contributed by atoms with E-state index in [0.29, 0.717) is 0 Å².